The SMILES string of the molecule is C/C=C(\C)C#CC1CCCCO1.CC/C=c1\c(C(N)=O)c2[nH]c3c(O)ccc(C)c3n2c1=C(C)CC. The maximum atomic E-state index is 12.2. The van der Waals surface area contributed by atoms with E-state index in [1.807, 2.05) is 50.3 Å². The molecule has 192 valence electrons. The molecule has 1 aromatic carbocycles. The Bertz CT molecular complexity index is 1470. The Morgan fingerprint density at radius 1 is 1.31 bits per heavy atom. The lowest BCUT2D eigenvalue weighted by atomic mass is 10.1. The summed E-state index contributed by atoms with van der Waals surface area (Å²) in [5, 5.41) is 12.1. The van der Waals surface area contributed by atoms with Crippen LogP contribution in [0.1, 0.15) is 82.6 Å². The maximum absolute atomic E-state index is 12.2. The molecule has 1 amide bonds. The van der Waals surface area contributed by atoms with Crippen molar-refractivity contribution in [3.63, 3.8) is 0 Å². The van der Waals surface area contributed by atoms with E-state index in [1.165, 1.54) is 18.4 Å². The molecule has 1 atom stereocenters. The van der Waals surface area contributed by atoms with Crippen molar-refractivity contribution in [1.29, 1.82) is 0 Å². The first-order valence-corrected chi connectivity index (χ1v) is 12.8. The lowest BCUT2D eigenvalue weighted by molar-refractivity contribution is 0.0525. The fourth-order valence-corrected chi connectivity index (χ4v) is 4.51. The van der Waals surface area contributed by atoms with E-state index in [0.29, 0.717) is 16.7 Å². The molecule has 6 nitrogen and oxygen atoms in total. The van der Waals surface area contributed by atoms with Gasteiger partial charge in [0.05, 0.1) is 16.4 Å². The number of phenolic OH excluding ortho intramolecular Hbond substituents is 1. The van der Waals surface area contributed by atoms with Crippen LogP contribution < -0.4 is 16.3 Å². The van der Waals surface area contributed by atoms with E-state index in [1.54, 1.807) is 6.07 Å². The molecule has 0 radical (unpaired) electrons. The average Bonchev–Trinajstić information content (AvgIpc) is 3.40. The van der Waals surface area contributed by atoms with Crippen LogP contribution in [-0.2, 0) is 4.74 Å². The number of phenols is 1. The smallest absolute Gasteiger partial charge is 0.253 e. The first kappa shape index (κ1) is 27.2. The Hall–Kier alpha value is -3.43. The van der Waals surface area contributed by atoms with E-state index in [9.17, 15) is 9.90 Å². The van der Waals surface area contributed by atoms with Crippen LogP contribution in [0.25, 0.3) is 28.3 Å². The van der Waals surface area contributed by atoms with Crippen LogP contribution in [0.2, 0.25) is 0 Å². The number of carbonyl (C=O) groups excluding carboxylic acids is 1. The van der Waals surface area contributed by atoms with Gasteiger partial charge in [0.1, 0.15) is 23.0 Å². The molecular weight excluding hydrogens is 450 g/mol. The number of aromatic nitrogens is 2. The molecule has 0 bridgehead atoms. The summed E-state index contributed by atoms with van der Waals surface area (Å²) in [7, 11) is 0. The van der Waals surface area contributed by atoms with Crippen LogP contribution in [-0.4, -0.2) is 33.1 Å². The molecule has 3 aromatic rings. The van der Waals surface area contributed by atoms with Crippen LogP contribution in [0.3, 0.4) is 0 Å². The van der Waals surface area contributed by atoms with E-state index < -0.39 is 5.91 Å². The minimum Gasteiger partial charge on any atom is -0.506 e. The number of amides is 1. The average molecular weight is 490 g/mol. The van der Waals surface area contributed by atoms with Gasteiger partial charge in [-0.25, -0.2) is 0 Å². The van der Waals surface area contributed by atoms with Gasteiger partial charge in [-0.05, 0) is 82.6 Å². The van der Waals surface area contributed by atoms with E-state index >= 15 is 0 Å². The number of carbonyl (C=O) groups is 1. The molecule has 4 N–H and O–H groups in total. The van der Waals surface area contributed by atoms with Crippen molar-refractivity contribution >= 4 is 34.2 Å². The number of aromatic amines is 1. The number of hydrogen-bond acceptors (Lipinski definition) is 3. The summed E-state index contributed by atoms with van der Waals surface area (Å²) in [6, 6.07) is 3.54. The van der Waals surface area contributed by atoms with Gasteiger partial charge in [-0.3, -0.25) is 9.20 Å². The standard InChI is InChI=1S/C19H23N3O2.C11H16O/c1-5-7-12-14(18(20)24)19-21-15-13(23)9-8-11(4)17(15)22(19)16(12)10(3)6-2;1-3-10(2)7-8-11-6-4-5-9-12-11/h7-9,21,23H,5-6H2,1-4H3,(H2,20,24);3,11H,4-6,9H2,1-2H3/b12-7+,16-10?;10-3+. The number of hydrogen-bond donors (Lipinski definition) is 3. The normalized spacial score (nSPS) is 17.4. The Kier molecular flexibility index (Phi) is 9.06. The molecule has 1 unspecified atom stereocenters. The summed E-state index contributed by atoms with van der Waals surface area (Å²) >= 11 is 0. The number of imidazole rings is 1. The Balaban J connectivity index is 0.000000253. The number of nitrogens with two attached hydrogens (primary N) is 1. The van der Waals surface area contributed by atoms with Gasteiger partial charge < -0.3 is 20.6 Å². The van der Waals surface area contributed by atoms with Crippen molar-refractivity contribution in [3.8, 4) is 17.6 Å². The summed E-state index contributed by atoms with van der Waals surface area (Å²) in [6.45, 7) is 13.1. The third kappa shape index (κ3) is 5.52. The molecule has 1 aliphatic heterocycles. The van der Waals surface area contributed by atoms with Crippen LogP contribution in [0.5, 0.6) is 5.75 Å². The highest BCUT2D eigenvalue weighted by Gasteiger charge is 2.20. The fraction of sp³-hybridized carbons (Fsp3) is 0.433. The van der Waals surface area contributed by atoms with Gasteiger partial charge in [-0.1, -0.05) is 43.9 Å². The zero-order valence-electron chi connectivity index (χ0n) is 22.4. The maximum Gasteiger partial charge on any atom is 0.253 e. The van der Waals surface area contributed by atoms with E-state index in [4.69, 9.17) is 10.5 Å². The zero-order valence-corrected chi connectivity index (χ0v) is 22.4. The fourth-order valence-electron chi connectivity index (χ4n) is 4.51. The molecule has 1 aliphatic rings. The van der Waals surface area contributed by atoms with Crippen molar-refractivity contribution in [2.24, 2.45) is 5.73 Å². The number of benzene rings is 1. The Morgan fingerprint density at radius 3 is 2.64 bits per heavy atom. The largest absolute Gasteiger partial charge is 0.506 e. The third-order valence-corrected chi connectivity index (χ3v) is 6.67. The minimum atomic E-state index is -0.467. The van der Waals surface area contributed by atoms with Crippen LogP contribution >= 0.6 is 0 Å². The quantitative estimate of drug-likeness (QED) is 0.460. The molecule has 0 aliphatic carbocycles. The highest BCUT2D eigenvalue weighted by atomic mass is 16.5. The predicted molar refractivity (Wildman–Crippen MR) is 148 cm³/mol. The highest BCUT2D eigenvalue weighted by Crippen LogP contribution is 2.28. The van der Waals surface area contributed by atoms with Crippen molar-refractivity contribution in [1.82, 2.24) is 9.38 Å². The van der Waals surface area contributed by atoms with Crippen LogP contribution in [0.4, 0.5) is 0 Å². The van der Waals surface area contributed by atoms with Gasteiger partial charge in [0.15, 0.2) is 0 Å². The summed E-state index contributed by atoms with van der Waals surface area (Å²) in [5.74, 6) is 5.92. The molecule has 1 fully saturated rings. The highest BCUT2D eigenvalue weighted by molar-refractivity contribution is 6.02. The van der Waals surface area contributed by atoms with Gasteiger partial charge in [0.25, 0.3) is 5.91 Å². The Labute approximate surface area is 213 Å². The van der Waals surface area contributed by atoms with Gasteiger partial charge in [-0.2, -0.15) is 0 Å². The summed E-state index contributed by atoms with van der Waals surface area (Å²) in [5.41, 5.74) is 11.6. The third-order valence-electron chi connectivity index (χ3n) is 6.67. The van der Waals surface area contributed by atoms with Crippen molar-refractivity contribution in [3.05, 3.63) is 45.5 Å². The van der Waals surface area contributed by atoms with E-state index in [2.05, 4.69) is 30.7 Å². The van der Waals surface area contributed by atoms with Crippen molar-refractivity contribution < 1.29 is 14.6 Å². The number of ether oxygens (including phenoxy) is 1. The summed E-state index contributed by atoms with van der Waals surface area (Å²) in [4.78, 5) is 15.4. The minimum absolute atomic E-state index is 0.163. The second-order valence-electron chi connectivity index (χ2n) is 9.28. The Morgan fingerprint density at radius 2 is 2.06 bits per heavy atom. The molecule has 0 spiro atoms. The first-order chi connectivity index (χ1) is 17.2. The number of fused-ring (bicyclic) bond motifs is 3. The summed E-state index contributed by atoms with van der Waals surface area (Å²) < 4.78 is 7.50. The number of aryl methyl sites for hydroxylation is 1. The van der Waals surface area contributed by atoms with Gasteiger partial charge in [-0.15, -0.1) is 0 Å². The molecular formula is C30H39N3O3. The molecule has 36 heavy (non-hydrogen) atoms. The number of aromatic hydroxyl groups is 1. The first-order valence-electron chi connectivity index (χ1n) is 12.8. The number of primary amides is 1. The molecule has 0 saturated carbocycles. The molecule has 3 heterocycles. The van der Waals surface area contributed by atoms with Crippen LogP contribution in [0.15, 0.2) is 23.8 Å². The number of rotatable bonds is 3. The second kappa shape index (κ2) is 12.0. The van der Waals surface area contributed by atoms with Crippen molar-refractivity contribution in [2.75, 3.05) is 6.61 Å². The number of H-pyrrole nitrogens is 1. The monoisotopic (exact) mass is 489 g/mol. The number of nitrogens with one attached hydrogen (secondary N) is 1. The second-order valence-corrected chi connectivity index (χ2v) is 9.28. The predicted octanol–water partition coefficient (Wildman–Crippen LogP) is 4.83. The van der Waals surface area contributed by atoms with Crippen LogP contribution in [0, 0.1) is 18.8 Å². The molecule has 4 rings (SSSR count). The molecule has 1 saturated heterocycles. The molecule has 2 aromatic heterocycles. The summed E-state index contributed by atoms with van der Waals surface area (Å²) in [6.07, 6.45) is 9.47. The topological polar surface area (TPSA) is 92.8 Å². The van der Waals surface area contributed by atoms with Gasteiger partial charge in [0, 0.05) is 11.8 Å². The lowest BCUT2D eigenvalue weighted by Crippen LogP contribution is -2.32. The van der Waals surface area contributed by atoms with Gasteiger partial charge >= 0.3 is 0 Å². The van der Waals surface area contributed by atoms with Gasteiger partial charge in [0.2, 0.25) is 0 Å². The molecule has 6 heteroatoms. The van der Waals surface area contributed by atoms with Crippen molar-refractivity contribution in [2.45, 2.75) is 79.8 Å². The lowest BCUT2D eigenvalue weighted by Gasteiger charge is -2.16. The number of nitrogens with zero attached hydrogens (tertiary/aromatic N) is 1. The van der Waals surface area contributed by atoms with E-state index in [-0.39, 0.29) is 11.9 Å². The zero-order chi connectivity index (χ0) is 26.4. The number of allylic oxidation sites excluding steroid dienone is 2. The van der Waals surface area contributed by atoms with E-state index in [0.717, 1.165) is 53.1 Å².